The molecule has 1 aromatic heterocycles. The van der Waals surface area contributed by atoms with Crippen LogP contribution < -0.4 is 5.32 Å². The highest BCUT2D eigenvalue weighted by atomic mass is 79.9. The van der Waals surface area contributed by atoms with Gasteiger partial charge in [0.25, 0.3) is 0 Å². The number of rotatable bonds is 5. The van der Waals surface area contributed by atoms with E-state index < -0.39 is 11.6 Å². The molecule has 2 aromatic rings. The van der Waals surface area contributed by atoms with Crippen LogP contribution in [0.2, 0.25) is 5.02 Å². The fourth-order valence-corrected chi connectivity index (χ4v) is 3.90. The molecule has 0 bridgehead atoms. The van der Waals surface area contributed by atoms with E-state index in [4.69, 9.17) is 11.6 Å². The van der Waals surface area contributed by atoms with Gasteiger partial charge in [0.15, 0.2) is 0 Å². The van der Waals surface area contributed by atoms with Crippen molar-refractivity contribution in [1.82, 2.24) is 5.32 Å². The van der Waals surface area contributed by atoms with E-state index in [1.54, 1.807) is 13.0 Å². The average Bonchev–Trinajstić information content (AvgIpc) is 2.75. The van der Waals surface area contributed by atoms with Crippen molar-refractivity contribution >= 4 is 38.9 Å². The molecule has 0 aliphatic carbocycles. The molecule has 0 fully saturated rings. The van der Waals surface area contributed by atoms with E-state index in [1.165, 1.54) is 11.3 Å². The summed E-state index contributed by atoms with van der Waals surface area (Å²) in [5.41, 5.74) is 0.865. The summed E-state index contributed by atoms with van der Waals surface area (Å²) in [7, 11) is 0. The van der Waals surface area contributed by atoms with Crippen molar-refractivity contribution in [3.63, 3.8) is 0 Å². The van der Waals surface area contributed by atoms with E-state index in [0.717, 1.165) is 27.7 Å². The summed E-state index contributed by atoms with van der Waals surface area (Å²) in [6.45, 7) is 4.40. The molecule has 0 aliphatic rings. The number of benzene rings is 1. The van der Waals surface area contributed by atoms with E-state index in [0.29, 0.717) is 16.1 Å². The minimum atomic E-state index is -0.549. The second-order valence-corrected chi connectivity index (χ2v) is 7.59. The minimum absolute atomic E-state index is 0.335. The Morgan fingerprint density at radius 1 is 1.29 bits per heavy atom. The number of nitrogens with one attached hydrogen (secondary N) is 1. The molecule has 114 valence electrons. The standard InChI is InChI=1S/C15H15BrClF2NS/c1-3-4-20-14(13-6-10(17)15(16)21-13)9-5-8(2)11(18)7-12(9)19/h5-7,14,20H,3-4H2,1-2H3. The van der Waals surface area contributed by atoms with Gasteiger partial charge in [-0.05, 0) is 53.5 Å². The van der Waals surface area contributed by atoms with Crippen molar-refractivity contribution < 1.29 is 8.78 Å². The van der Waals surface area contributed by atoms with E-state index in [2.05, 4.69) is 21.2 Å². The molecule has 0 spiro atoms. The fraction of sp³-hybridized carbons (Fsp3) is 0.333. The van der Waals surface area contributed by atoms with Crippen molar-refractivity contribution in [3.8, 4) is 0 Å². The third-order valence-electron chi connectivity index (χ3n) is 3.14. The lowest BCUT2D eigenvalue weighted by atomic mass is 10.0. The maximum absolute atomic E-state index is 14.2. The third kappa shape index (κ3) is 3.83. The van der Waals surface area contributed by atoms with Gasteiger partial charge in [-0.1, -0.05) is 18.5 Å². The highest BCUT2D eigenvalue weighted by Gasteiger charge is 2.22. The van der Waals surface area contributed by atoms with Crippen LogP contribution in [-0.4, -0.2) is 6.54 Å². The topological polar surface area (TPSA) is 12.0 Å². The molecule has 0 saturated carbocycles. The molecule has 0 aliphatic heterocycles. The van der Waals surface area contributed by atoms with Gasteiger partial charge in [-0.15, -0.1) is 11.3 Å². The van der Waals surface area contributed by atoms with E-state index >= 15 is 0 Å². The molecule has 1 aromatic carbocycles. The zero-order valence-electron chi connectivity index (χ0n) is 11.6. The fourth-order valence-electron chi connectivity index (χ4n) is 2.06. The van der Waals surface area contributed by atoms with Gasteiger partial charge in [0.05, 0.1) is 14.9 Å². The van der Waals surface area contributed by atoms with E-state index in [1.807, 2.05) is 13.0 Å². The van der Waals surface area contributed by atoms with Crippen LogP contribution in [-0.2, 0) is 0 Å². The van der Waals surface area contributed by atoms with Gasteiger partial charge in [0.1, 0.15) is 11.6 Å². The molecule has 2 rings (SSSR count). The molecule has 1 atom stereocenters. The lowest BCUT2D eigenvalue weighted by Crippen LogP contribution is -2.23. The summed E-state index contributed by atoms with van der Waals surface area (Å²) < 4.78 is 28.4. The maximum Gasteiger partial charge on any atom is 0.131 e. The number of thiophene rings is 1. The van der Waals surface area contributed by atoms with Gasteiger partial charge in [-0.2, -0.15) is 0 Å². The highest BCUT2D eigenvalue weighted by molar-refractivity contribution is 9.11. The first-order valence-electron chi connectivity index (χ1n) is 6.57. The monoisotopic (exact) mass is 393 g/mol. The van der Waals surface area contributed by atoms with Crippen molar-refractivity contribution in [1.29, 1.82) is 0 Å². The molecule has 0 amide bonds. The molecule has 1 unspecified atom stereocenters. The summed E-state index contributed by atoms with van der Waals surface area (Å²) >= 11 is 10.9. The summed E-state index contributed by atoms with van der Waals surface area (Å²) in [6, 6.07) is 3.97. The average molecular weight is 395 g/mol. The number of hydrogen-bond acceptors (Lipinski definition) is 2. The van der Waals surface area contributed by atoms with Crippen LogP contribution in [0.5, 0.6) is 0 Å². The molecule has 1 nitrogen and oxygen atoms in total. The lowest BCUT2D eigenvalue weighted by Gasteiger charge is -2.19. The Bertz CT molecular complexity index is 625. The molecule has 1 heterocycles. The van der Waals surface area contributed by atoms with Crippen molar-refractivity contribution in [2.45, 2.75) is 26.3 Å². The summed E-state index contributed by atoms with van der Waals surface area (Å²) in [5, 5.41) is 3.89. The summed E-state index contributed by atoms with van der Waals surface area (Å²) in [6.07, 6.45) is 0.915. The Morgan fingerprint density at radius 3 is 2.57 bits per heavy atom. The smallest absolute Gasteiger partial charge is 0.131 e. The number of halogens is 4. The lowest BCUT2D eigenvalue weighted by molar-refractivity contribution is 0.533. The first-order valence-corrected chi connectivity index (χ1v) is 8.56. The Kier molecular flexibility index (Phi) is 5.77. The van der Waals surface area contributed by atoms with Crippen LogP contribution in [0.1, 0.15) is 35.4 Å². The van der Waals surface area contributed by atoms with Crippen LogP contribution in [0.25, 0.3) is 0 Å². The van der Waals surface area contributed by atoms with Crippen LogP contribution in [0.15, 0.2) is 22.0 Å². The zero-order valence-corrected chi connectivity index (χ0v) is 14.8. The van der Waals surface area contributed by atoms with Crippen LogP contribution >= 0.6 is 38.9 Å². The quantitative estimate of drug-likeness (QED) is 0.672. The van der Waals surface area contributed by atoms with Crippen molar-refractivity contribution in [3.05, 3.63) is 54.6 Å². The Balaban J connectivity index is 2.47. The Hall–Kier alpha value is -0.490. The number of aryl methyl sites for hydroxylation is 1. The van der Waals surface area contributed by atoms with Gasteiger partial charge in [0, 0.05) is 16.5 Å². The minimum Gasteiger partial charge on any atom is -0.306 e. The predicted octanol–water partition coefficient (Wildman–Crippen LogP) is 5.84. The molecule has 21 heavy (non-hydrogen) atoms. The molecular weight excluding hydrogens is 380 g/mol. The van der Waals surface area contributed by atoms with Gasteiger partial charge >= 0.3 is 0 Å². The highest BCUT2D eigenvalue weighted by Crippen LogP contribution is 2.38. The first kappa shape index (κ1) is 16.9. The third-order valence-corrected chi connectivity index (χ3v) is 5.68. The van der Waals surface area contributed by atoms with Crippen LogP contribution in [0, 0.1) is 18.6 Å². The normalized spacial score (nSPS) is 12.7. The van der Waals surface area contributed by atoms with Gasteiger partial charge in [0.2, 0.25) is 0 Å². The van der Waals surface area contributed by atoms with E-state index in [9.17, 15) is 8.78 Å². The molecule has 1 N–H and O–H groups in total. The largest absolute Gasteiger partial charge is 0.306 e. The molecule has 6 heteroatoms. The van der Waals surface area contributed by atoms with Gasteiger partial charge in [-0.3, -0.25) is 0 Å². The molecular formula is C15H15BrClF2NS. The number of hydrogen-bond donors (Lipinski definition) is 1. The van der Waals surface area contributed by atoms with Crippen LogP contribution in [0.3, 0.4) is 0 Å². The van der Waals surface area contributed by atoms with E-state index in [-0.39, 0.29) is 6.04 Å². The second-order valence-electron chi connectivity index (χ2n) is 4.78. The van der Waals surface area contributed by atoms with Gasteiger partial charge < -0.3 is 5.32 Å². The Labute approximate surface area is 140 Å². The SMILES string of the molecule is CCCNC(c1cc(Cl)c(Br)s1)c1cc(C)c(F)cc1F. The summed E-state index contributed by atoms with van der Waals surface area (Å²) in [4.78, 5) is 0.894. The van der Waals surface area contributed by atoms with Crippen molar-refractivity contribution in [2.75, 3.05) is 6.54 Å². The van der Waals surface area contributed by atoms with Crippen LogP contribution in [0.4, 0.5) is 8.78 Å². The van der Waals surface area contributed by atoms with Crippen molar-refractivity contribution in [2.24, 2.45) is 0 Å². The molecule has 0 saturated heterocycles. The second kappa shape index (κ2) is 7.18. The predicted molar refractivity (Wildman–Crippen MR) is 88.3 cm³/mol. The zero-order chi connectivity index (χ0) is 15.6. The first-order chi connectivity index (χ1) is 9.93. The maximum atomic E-state index is 14.2. The summed E-state index contributed by atoms with van der Waals surface area (Å²) in [5.74, 6) is -1.08. The Morgan fingerprint density at radius 2 is 2.00 bits per heavy atom. The van der Waals surface area contributed by atoms with Gasteiger partial charge in [-0.25, -0.2) is 8.78 Å². The molecule has 0 radical (unpaired) electrons.